The van der Waals surface area contributed by atoms with Crippen LogP contribution < -0.4 is 0 Å². The maximum Gasteiger partial charge on any atom is 0.144 e. The van der Waals surface area contributed by atoms with Crippen LogP contribution in [-0.2, 0) is 10.3 Å². The molecule has 0 spiro atoms. The van der Waals surface area contributed by atoms with Crippen molar-refractivity contribution >= 4 is 28.1 Å². The lowest BCUT2D eigenvalue weighted by atomic mass is 10.1. The van der Waals surface area contributed by atoms with Crippen molar-refractivity contribution < 1.29 is 4.74 Å². The summed E-state index contributed by atoms with van der Waals surface area (Å²) in [6.07, 6.45) is 0. The Bertz CT molecular complexity index is 440. The average molecular weight is 305 g/mol. The van der Waals surface area contributed by atoms with Crippen molar-refractivity contribution in [3.05, 3.63) is 20.6 Å². The Balaban J connectivity index is 3.41. The molecule has 1 N–H and O–H groups in total. The van der Waals surface area contributed by atoms with Crippen LogP contribution in [0.1, 0.15) is 45.1 Å². The van der Waals surface area contributed by atoms with Crippen LogP contribution in [0.5, 0.6) is 0 Å². The summed E-state index contributed by atoms with van der Waals surface area (Å²) in [6, 6.07) is 0. The Hall–Kier alpha value is -0.260. The number of aromatic amines is 1. The smallest absolute Gasteiger partial charge is 0.144 e. The van der Waals surface area contributed by atoms with Crippen molar-refractivity contribution in [1.82, 2.24) is 9.97 Å². The van der Waals surface area contributed by atoms with Crippen LogP contribution in [0.4, 0.5) is 0 Å². The third-order valence-corrected chi connectivity index (χ3v) is 3.91. The van der Waals surface area contributed by atoms with E-state index < -0.39 is 5.60 Å². The number of ether oxygens (including phenoxy) is 1. The van der Waals surface area contributed by atoms with Crippen molar-refractivity contribution in [2.24, 2.45) is 0 Å². The van der Waals surface area contributed by atoms with Crippen molar-refractivity contribution in [2.75, 3.05) is 7.11 Å². The molecule has 90 valence electrons. The van der Waals surface area contributed by atoms with E-state index >= 15 is 0 Å². The SMILES string of the molecule is COC(C)(C)c1nc(=S)c(Br)c(C(C)C)[nH]1. The maximum atomic E-state index is 5.40. The Kier molecular flexibility index (Phi) is 4.26. The van der Waals surface area contributed by atoms with Crippen LogP contribution in [0, 0.1) is 4.64 Å². The van der Waals surface area contributed by atoms with Crippen LogP contribution >= 0.6 is 28.1 Å². The van der Waals surface area contributed by atoms with Gasteiger partial charge in [-0.2, -0.15) is 0 Å². The third-order valence-electron chi connectivity index (χ3n) is 2.55. The highest BCUT2D eigenvalue weighted by Gasteiger charge is 2.24. The predicted molar refractivity (Wildman–Crippen MR) is 71.2 cm³/mol. The molecule has 0 saturated heterocycles. The fraction of sp³-hybridized carbons (Fsp3) is 0.636. The zero-order valence-corrected chi connectivity index (χ0v) is 12.6. The first-order valence-electron chi connectivity index (χ1n) is 5.15. The number of H-pyrrole nitrogens is 1. The summed E-state index contributed by atoms with van der Waals surface area (Å²) in [5.74, 6) is 1.11. The van der Waals surface area contributed by atoms with Crippen molar-refractivity contribution in [3.63, 3.8) is 0 Å². The summed E-state index contributed by atoms with van der Waals surface area (Å²) in [5, 5.41) is 0. The molecule has 16 heavy (non-hydrogen) atoms. The number of halogens is 1. The Labute approximate surface area is 110 Å². The van der Waals surface area contributed by atoms with Gasteiger partial charge in [-0.25, -0.2) is 4.98 Å². The first-order chi connectivity index (χ1) is 7.29. The molecule has 0 bridgehead atoms. The summed E-state index contributed by atoms with van der Waals surface area (Å²) < 4.78 is 6.84. The molecule has 1 aromatic heterocycles. The number of hydrogen-bond acceptors (Lipinski definition) is 3. The van der Waals surface area contributed by atoms with Crippen molar-refractivity contribution in [3.8, 4) is 0 Å². The minimum atomic E-state index is -0.460. The number of nitrogens with zero attached hydrogens (tertiary/aromatic N) is 1. The molecular weight excluding hydrogens is 288 g/mol. The van der Waals surface area contributed by atoms with Crippen LogP contribution in [0.2, 0.25) is 0 Å². The highest BCUT2D eigenvalue weighted by atomic mass is 79.9. The van der Waals surface area contributed by atoms with E-state index in [-0.39, 0.29) is 0 Å². The first kappa shape index (κ1) is 13.8. The number of nitrogens with one attached hydrogen (secondary N) is 1. The normalized spacial score (nSPS) is 12.2. The van der Waals surface area contributed by atoms with Crippen LogP contribution in [0.3, 0.4) is 0 Å². The average Bonchev–Trinajstić information content (AvgIpc) is 2.21. The maximum absolute atomic E-state index is 5.40. The molecule has 0 aromatic carbocycles. The lowest BCUT2D eigenvalue weighted by Crippen LogP contribution is -2.24. The van der Waals surface area contributed by atoms with Crippen molar-refractivity contribution in [1.29, 1.82) is 0 Å². The zero-order chi connectivity index (χ0) is 12.5. The van der Waals surface area contributed by atoms with Crippen molar-refractivity contribution in [2.45, 2.75) is 39.2 Å². The largest absolute Gasteiger partial charge is 0.371 e. The van der Waals surface area contributed by atoms with Gasteiger partial charge in [-0.15, -0.1) is 0 Å². The molecule has 1 rings (SSSR count). The van der Waals surface area contributed by atoms with Gasteiger partial charge in [-0.05, 0) is 35.7 Å². The predicted octanol–water partition coefficient (Wildman–Crippen LogP) is 3.91. The van der Waals surface area contributed by atoms with E-state index in [4.69, 9.17) is 17.0 Å². The number of aromatic nitrogens is 2. The summed E-state index contributed by atoms with van der Waals surface area (Å²) in [7, 11) is 1.66. The second-order valence-corrected chi connectivity index (χ2v) is 5.67. The quantitative estimate of drug-likeness (QED) is 0.861. The molecule has 3 nitrogen and oxygen atoms in total. The van der Waals surface area contributed by atoms with E-state index in [0.29, 0.717) is 10.6 Å². The second-order valence-electron chi connectivity index (χ2n) is 4.49. The summed E-state index contributed by atoms with van der Waals surface area (Å²) in [6.45, 7) is 8.13. The van der Waals surface area contributed by atoms with E-state index in [1.807, 2.05) is 13.8 Å². The van der Waals surface area contributed by atoms with Crippen LogP contribution in [-0.4, -0.2) is 17.1 Å². The minimum Gasteiger partial charge on any atom is -0.371 e. The van der Waals surface area contributed by atoms with E-state index in [1.54, 1.807) is 7.11 Å². The molecule has 5 heteroatoms. The summed E-state index contributed by atoms with van der Waals surface area (Å²) in [4.78, 5) is 7.64. The van der Waals surface area contributed by atoms with Gasteiger partial charge in [-0.1, -0.05) is 26.1 Å². The highest BCUT2D eigenvalue weighted by molar-refractivity contribution is 9.10. The first-order valence-corrected chi connectivity index (χ1v) is 6.35. The molecule has 1 heterocycles. The van der Waals surface area contributed by atoms with Gasteiger partial charge in [0.25, 0.3) is 0 Å². The molecule has 0 atom stereocenters. The number of methoxy groups -OCH3 is 1. The van der Waals surface area contributed by atoms with E-state index in [9.17, 15) is 0 Å². The van der Waals surface area contributed by atoms with Gasteiger partial charge in [0.2, 0.25) is 0 Å². The highest BCUT2D eigenvalue weighted by Crippen LogP contribution is 2.27. The molecule has 0 radical (unpaired) electrons. The standard InChI is InChI=1S/C11H17BrN2OS/c1-6(2)8-7(12)9(16)14-10(13-8)11(3,4)15-5/h6H,1-5H3,(H,13,14,16). The summed E-state index contributed by atoms with van der Waals surface area (Å²) >= 11 is 8.70. The van der Waals surface area contributed by atoms with Gasteiger partial charge in [-0.3, -0.25) is 0 Å². The molecule has 0 unspecified atom stereocenters. The fourth-order valence-corrected chi connectivity index (χ4v) is 2.10. The molecule has 0 fully saturated rings. The van der Waals surface area contributed by atoms with Gasteiger partial charge in [0.15, 0.2) is 0 Å². The van der Waals surface area contributed by atoms with E-state index in [1.165, 1.54) is 0 Å². The van der Waals surface area contributed by atoms with Gasteiger partial charge in [0.1, 0.15) is 16.1 Å². The Morgan fingerprint density at radius 3 is 2.44 bits per heavy atom. The lowest BCUT2D eigenvalue weighted by molar-refractivity contribution is 0.0111. The summed E-state index contributed by atoms with van der Waals surface area (Å²) in [5.41, 5.74) is 0.595. The lowest BCUT2D eigenvalue weighted by Gasteiger charge is -2.23. The number of rotatable bonds is 3. The van der Waals surface area contributed by atoms with E-state index in [2.05, 4.69) is 39.7 Å². The molecule has 1 aromatic rings. The molecule has 0 aliphatic rings. The monoisotopic (exact) mass is 304 g/mol. The number of hydrogen-bond donors (Lipinski definition) is 1. The molecule has 0 saturated carbocycles. The van der Waals surface area contributed by atoms with Gasteiger partial charge >= 0.3 is 0 Å². The third kappa shape index (κ3) is 2.70. The van der Waals surface area contributed by atoms with Gasteiger partial charge in [0.05, 0.1) is 4.47 Å². The van der Waals surface area contributed by atoms with Gasteiger partial charge in [0, 0.05) is 12.8 Å². The molecule has 0 aliphatic carbocycles. The minimum absolute atomic E-state index is 0.352. The van der Waals surface area contributed by atoms with E-state index in [0.717, 1.165) is 16.0 Å². The Morgan fingerprint density at radius 1 is 1.44 bits per heavy atom. The van der Waals surface area contributed by atoms with Gasteiger partial charge < -0.3 is 9.72 Å². The topological polar surface area (TPSA) is 37.9 Å². The fourth-order valence-electron chi connectivity index (χ4n) is 1.26. The van der Waals surface area contributed by atoms with Crippen LogP contribution in [0.15, 0.2) is 4.47 Å². The Morgan fingerprint density at radius 2 is 2.00 bits per heavy atom. The van der Waals surface area contributed by atoms with Crippen LogP contribution in [0.25, 0.3) is 0 Å². The molecule has 0 aliphatic heterocycles. The molecular formula is C11H17BrN2OS. The zero-order valence-electron chi connectivity index (χ0n) is 10.2. The second kappa shape index (κ2) is 4.94. The molecule has 0 amide bonds.